The monoisotopic (exact) mass is 386 g/mol. The average Bonchev–Trinajstić information content (AvgIpc) is 3.31. The van der Waals surface area contributed by atoms with Gasteiger partial charge in [0.05, 0.1) is 17.2 Å². The Bertz CT molecular complexity index is 815. The van der Waals surface area contributed by atoms with Gasteiger partial charge < -0.3 is 5.32 Å². The Balaban J connectivity index is 1.75. The Morgan fingerprint density at radius 2 is 2.04 bits per heavy atom. The van der Waals surface area contributed by atoms with E-state index in [2.05, 4.69) is 39.1 Å². The predicted molar refractivity (Wildman–Crippen MR) is 108 cm³/mol. The lowest BCUT2D eigenvalue weighted by molar-refractivity contribution is -0.118. The van der Waals surface area contributed by atoms with Crippen LogP contribution >= 0.6 is 23.1 Å². The van der Waals surface area contributed by atoms with Gasteiger partial charge in [0.15, 0.2) is 11.0 Å². The first kappa shape index (κ1) is 18.7. The first-order chi connectivity index (χ1) is 12.8. The zero-order chi connectivity index (χ0) is 18.2. The van der Waals surface area contributed by atoms with Crippen LogP contribution in [-0.2, 0) is 11.3 Å². The molecule has 5 nitrogen and oxygen atoms in total. The number of hydrogen-bond donors (Lipinski definition) is 1. The number of aromatic nitrogens is 3. The summed E-state index contributed by atoms with van der Waals surface area (Å²) in [5, 5.41) is 14.5. The minimum Gasteiger partial charge on any atom is -0.355 e. The van der Waals surface area contributed by atoms with E-state index in [-0.39, 0.29) is 5.91 Å². The van der Waals surface area contributed by atoms with Gasteiger partial charge in [-0.3, -0.25) is 9.36 Å². The van der Waals surface area contributed by atoms with Crippen LogP contribution in [0.3, 0.4) is 0 Å². The van der Waals surface area contributed by atoms with Crippen molar-refractivity contribution in [2.75, 3.05) is 12.3 Å². The molecule has 1 amide bonds. The van der Waals surface area contributed by atoms with E-state index in [0.717, 1.165) is 35.2 Å². The van der Waals surface area contributed by atoms with Crippen LogP contribution in [0, 0.1) is 0 Å². The van der Waals surface area contributed by atoms with Crippen molar-refractivity contribution >= 4 is 29.0 Å². The predicted octanol–water partition coefficient (Wildman–Crippen LogP) is 4.06. The summed E-state index contributed by atoms with van der Waals surface area (Å²) in [5.41, 5.74) is 1.18. The molecule has 1 aromatic carbocycles. The van der Waals surface area contributed by atoms with Gasteiger partial charge >= 0.3 is 0 Å². The average molecular weight is 387 g/mol. The third-order valence-corrected chi connectivity index (χ3v) is 5.66. The molecular formula is C19H22N4OS2. The lowest BCUT2D eigenvalue weighted by Gasteiger charge is -2.10. The third-order valence-electron chi connectivity index (χ3n) is 3.83. The lowest BCUT2D eigenvalue weighted by Crippen LogP contribution is -2.26. The van der Waals surface area contributed by atoms with Gasteiger partial charge in [-0.2, -0.15) is 0 Å². The molecule has 1 N–H and O–H groups in total. The molecule has 2 heterocycles. The Kier molecular flexibility index (Phi) is 6.85. The molecule has 0 saturated heterocycles. The molecule has 136 valence electrons. The summed E-state index contributed by atoms with van der Waals surface area (Å²) in [5.74, 6) is 1.23. The molecule has 0 bridgehead atoms. The van der Waals surface area contributed by atoms with Crippen molar-refractivity contribution in [1.29, 1.82) is 0 Å². The van der Waals surface area contributed by atoms with Crippen LogP contribution in [0.15, 0.2) is 53.0 Å². The minimum absolute atomic E-state index is 0.0374. The lowest BCUT2D eigenvalue weighted by atomic mass is 10.2. The molecule has 0 fully saturated rings. The molecule has 0 atom stereocenters. The molecule has 0 radical (unpaired) electrons. The minimum atomic E-state index is 0.0374. The van der Waals surface area contributed by atoms with Crippen LogP contribution in [0.4, 0.5) is 0 Å². The molecular weight excluding hydrogens is 364 g/mol. The summed E-state index contributed by atoms with van der Waals surface area (Å²) in [7, 11) is 0. The van der Waals surface area contributed by atoms with Gasteiger partial charge in [0.25, 0.3) is 0 Å². The molecule has 0 aliphatic carbocycles. The van der Waals surface area contributed by atoms with E-state index in [1.807, 2.05) is 35.7 Å². The number of nitrogens with one attached hydrogen (secondary N) is 1. The van der Waals surface area contributed by atoms with Crippen LogP contribution < -0.4 is 5.32 Å². The fourth-order valence-electron chi connectivity index (χ4n) is 2.48. The second-order valence-corrected chi connectivity index (χ2v) is 7.74. The standard InChI is InChI=1S/C19H22N4OS2/c1-2-3-11-20-17(24)14-26-19-22-21-18(16-10-7-12-25-16)23(19)13-15-8-5-4-6-9-15/h4-10,12H,2-3,11,13-14H2,1H3,(H,20,24). The second kappa shape index (κ2) is 9.54. The van der Waals surface area contributed by atoms with Crippen LogP contribution in [0.5, 0.6) is 0 Å². The number of rotatable bonds is 9. The summed E-state index contributed by atoms with van der Waals surface area (Å²) in [6.45, 7) is 3.52. The first-order valence-electron chi connectivity index (χ1n) is 8.68. The molecule has 0 aliphatic rings. The Morgan fingerprint density at radius 3 is 2.77 bits per heavy atom. The molecule has 0 spiro atoms. The van der Waals surface area contributed by atoms with Crippen LogP contribution in [0.25, 0.3) is 10.7 Å². The number of thiophene rings is 1. The number of carbonyl (C=O) groups excluding carboxylic acids is 1. The zero-order valence-corrected chi connectivity index (χ0v) is 16.4. The molecule has 3 aromatic rings. The third kappa shape index (κ3) is 4.95. The summed E-state index contributed by atoms with van der Waals surface area (Å²) < 4.78 is 2.09. The number of nitrogens with zero attached hydrogens (tertiary/aromatic N) is 3. The summed E-state index contributed by atoms with van der Waals surface area (Å²) in [4.78, 5) is 13.1. The number of amides is 1. The van der Waals surface area contributed by atoms with Crippen molar-refractivity contribution in [3.05, 3.63) is 53.4 Å². The van der Waals surface area contributed by atoms with Crippen LogP contribution in [0.2, 0.25) is 0 Å². The highest BCUT2D eigenvalue weighted by molar-refractivity contribution is 7.99. The van der Waals surface area contributed by atoms with Gasteiger partial charge in [-0.05, 0) is 23.4 Å². The molecule has 0 aliphatic heterocycles. The summed E-state index contributed by atoms with van der Waals surface area (Å²) in [6.07, 6.45) is 2.08. The maximum Gasteiger partial charge on any atom is 0.230 e. The van der Waals surface area contributed by atoms with E-state index in [4.69, 9.17) is 0 Å². The number of thioether (sulfide) groups is 1. The highest BCUT2D eigenvalue weighted by Gasteiger charge is 2.16. The van der Waals surface area contributed by atoms with Gasteiger partial charge in [-0.25, -0.2) is 0 Å². The van der Waals surface area contributed by atoms with E-state index >= 15 is 0 Å². The van der Waals surface area contributed by atoms with Gasteiger partial charge in [0.1, 0.15) is 0 Å². The quantitative estimate of drug-likeness (QED) is 0.445. The van der Waals surface area contributed by atoms with Gasteiger partial charge in [-0.1, -0.05) is 61.5 Å². The van der Waals surface area contributed by atoms with Gasteiger partial charge in [0.2, 0.25) is 5.91 Å². The molecule has 26 heavy (non-hydrogen) atoms. The van der Waals surface area contributed by atoms with E-state index < -0.39 is 0 Å². The van der Waals surface area contributed by atoms with Crippen molar-refractivity contribution in [2.24, 2.45) is 0 Å². The van der Waals surface area contributed by atoms with E-state index in [1.54, 1.807) is 11.3 Å². The van der Waals surface area contributed by atoms with Crippen molar-refractivity contribution < 1.29 is 4.79 Å². The Labute approximate surface area is 161 Å². The molecule has 7 heteroatoms. The summed E-state index contributed by atoms with van der Waals surface area (Å²) in [6, 6.07) is 14.3. The smallest absolute Gasteiger partial charge is 0.230 e. The first-order valence-corrected chi connectivity index (χ1v) is 10.5. The maximum absolute atomic E-state index is 12.0. The zero-order valence-electron chi connectivity index (χ0n) is 14.7. The van der Waals surface area contributed by atoms with Crippen molar-refractivity contribution in [3.8, 4) is 10.7 Å². The summed E-state index contributed by atoms with van der Waals surface area (Å²) >= 11 is 3.07. The van der Waals surface area contributed by atoms with Gasteiger partial charge in [-0.15, -0.1) is 21.5 Å². The van der Waals surface area contributed by atoms with E-state index in [9.17, 15) is 4.79 Å². The topological polar surface area (TPSA) is 59.8 Å². The number of carbonyl (C=O) groups is 1. The number of hydrogen-bond acceptors (Lipinski definition) is 5. The van der Waals surface area contributed by atoms with Crippen molar-refractivity contribution in [2.45, 2.75) is 31.5 Å². The van der Waals surface area contributed by atoms with Crippen molar-refractivity contribution in [3.63, 3.8) is 0 Å². The molecule has 0 saturated carbocycles. The highest BCUT2D eigenvalue weighted by atomic mass is 32.2. The molecule has 3 rings (SSSR count). The molecule has 0 unspecified atom stereocenters. The fraction of sp³-hybridized carbons (Fsp3) is 0.316. The van der Waals surface area contributed by atoms with Crippen LogP contribution in [-0.4, -0.2) is 33.0 Å². The van der Waals surface area contributed by atoms with Gasteiger partial charge in [0, 0.05) is 6.54 Å². The SMILES string of the molecule is CCCCNC(=O)CSc1nnc(-c2cccs2)n1Cc1ccccc1. The van der Waals surface area contributed by atoms with E-state index in [0.29, 0.717) is 12.3 Å². The van der Waals surface area contributed by atoms with E-state index in [1.165, 1.54) is 17.3 Å². The maximum atomic E-state index is 12.0. The second-order valence-electron chi connectivity index (χ2n) is 5.85. The Hall–Kier alpha value is -2.12. The highest BCUT2D eigenvalue weighted by Crippen LogP contribution is 2.28. The fourth-order valence-corrected chi connectivity index (χ4v) is 3.96. The Morgan fingerprint density at radius 1 is 1.19 bits per heavy atom. The normalized spacial score (nSPS) is 10.8. The largest absolute Gasteiger partial charge is 0.355 e. The van der Waals surface area contributed by atoms with Crippen molar-refractivity contribution in [1.82, 2.24) is 20.1 Å². The number of unbranched alkanes of at least 4 members (excludes halogenated alkanes) is 1. The molecule has 2 aromatic heterocycles. The van der Waals surface area contributed by atoms with Crippen LogP contribution in [0.1, 0.15) is 25.3 Å². The number of benzene rings is 1.